The van der Waals surface area contributed by atoms with Gasteiger partial charge in [-0.3, -0.25) is 0 Å². The average Bonchev–Trinajstić information content (AvgIpc) is 2.14. The maximum Gasteiger partial charge on any atom is 0.428 e. The molecule has 0 aliphatic heterocycles. The zero-order valence-corrected chi connectivity index (χ0v) is 9.76. The molecule has 17 heavy (non-hydrogen) atoms. The highest BCUT2D eigenvalue weighted by Crippen LogP contribution is 2.22. The van der Waals surface area contributed by atoms with Crippen LogP contribution in [0.4, 0.5) is 8.78 Å². The molecule has 0 radical (unpaired) electrons. The lowest BCUT2D eigenvalue weighted by Crippen LogP contribution is -2.39. The Morgan fingerprint density at radius 1 is 1.29 bits per heavy atom. The van der Waals surface area contributed by atoms with E-state index in [-0.39, 0.29) is 18.6 Å². The summed E-state index contributed by atoms with van der Waals surface area (Å²) in [4.78, 5) is 21.1. The standard InChI is InChI=1S/C8H12F2O6S/c1-6(11)4-2-3-5-16-7(12)8(9,10)17(13,14)15/h2-5H2,1H3,(H,13,14,15)/p-1. The maximum absolute atomic E-state index is 12.5. The Morgan fingerprint density at radius 2 is 1.82 bits per heavy atom. The number of Topliss-reactive ketones (excluding diaryl/α,β-unsaturated/α-hetero) is 1. The second-order valence-electron chi connectivity index (χ2n) is 3.27. The molecule has 0 saturated carbocycles. The van der Waals surface area contributed by atoms with Crippen LogP contribution in [-0.4, -0.2) is 36.6 Å². The van der Waals surface area contributed by atoms with Crippen molar-refractivity contribution in [2.24, 2.45) is 0 Å². The number of ether oxygens (including phenoxy) is 1. The van der Waals surface area contributed by atoms with Crippen LogP contribution in [0, 0.1) is 0 Å². The number of alkyl halides is 2. The maximum atomic E-state index is 12.5. The van der Waals surface area contributed by atoms with E-state index in [4.69, 9.17) is 0 Å². The quantitative estimate of drug-likeness (QED) is 0.378. The molecular weight excluding hydrogens is 262 g/mol. The molecule has 9 heteroatoms. The summed E-state index contributed by atoms with van der Waals surface area (Å²) in [6, 6.07) is 0. The zero-order valence-electron chi connectivity index (χ0n) is 8.94. The molecule has 0 rings (SSSR count). The molecule has 0 aliphatic rings. The first-order chi connectivity index (χ1) is 7.59. The van der Waals surface area contributed by atoms with Gasteiger partial charge in [0, 0.05) is 6.42 Å². The molecule has 0 amide bonds. The zero-order chi connectivity index (χ0) is 13.7. The van der Waals surface area contributed by atoms with Gasteiger partial charge in [-0.1, -0.05) is 0 Å². The number of esters is 1. The number of ketones is 1. The number of hydrogen-bond acceptors (Lipinski definition) is 6. The van der Waals surface area contributed by atoms with Gasteiger partial charge in [-0.05, 0) is 19.8 Å². The molecule has 100 valence electrons. The van der Waals surface area contributed by atoms with E-state index in [1.807, 2.05) is 0 Å². The summed E-state index contributed by atoms with van der Waals surface area (Å²) in [6.07, 6.45) is 0.645. The van der Waals surface area contributed by atoms with Crippen molar-refractivity contribution in [2.75, 3.05) is 6.61 Å². The van der Waals surface area contributed by atoms with Gasteiger partial charge in [0.15, 0.2) is 10.1 Å². The van der Waals surface area contributed by atoms with E-state index in [1.54, 1.807) is 0 Å². The molecule has 0 atom stereocenters. The molecule has 0 unspecified atom stereocenters. The van der Waals surface area contributed by atoms with Gasteiger partial charge in [-0.15, -0.1) is 0 Å². The largest absolute Gasteiger partial charge is 0.743 e. The normalized spacial score (nSPS) is 12.2. The minimum atomic E-state index is -6.07. The van der Waals surface area contributed by atoms with Crippen LogP contribution in [0.1, 0.15) is 26.2 Å². The van der Waals surface area contributed by atoms with Gasteiger partial charge in [0.2, 0.25) is 0 Å². The van der Waals surface area contributed by atoms with E-state index in [9.17, 15) is 31.3 Å². The van der Waals surface area contributed by atoms with Crippen LogP contribution < -0.4 is 0 Å². The lowest BCUT2D eigenvalue weighted by atomic mass is 10.2. The predicted molar refractivity (Wildman–Crippen MR) is 50.1 cm³/mol. The molecule has 0 bridgehead atoms. The molecule has 0 saturated heterocycles. The lowest BCUT2D eigenvalue weighted by molar-refractivity contribution is -0.161. The third-order valence-corrected chi connectivity index (χ3v) is 2.50. The van der Waals surface area contributed by atoms with Crippen LogP contribution in [0.3, 0.4) is 0 Å². The Bertz CT molecular complexity index is 389. The number of hydrogen-bond donors (Lipinski definition) is 0. The van der Waals surface area contributed by atoms with Gasteiger partial charge in [0.25, 0.3) is 0 Å². The highest BCUT2D eigenvalue weighted by atomic mass is 32.2. The summed E-state index contributed by atoms with van der Waals surface area (Å²) in [5, 5.41) is -5.08. The topological polar surface area (TPSA) is 101 Å². The fourth-order valence-corrected chi connectivity index (χ4v) is 1.09. The molecule has 0 heterocycles. The summed E-state index contributed by atoms with van der Waals surface area (Å²) >= 11 is 0. The minimum absolute atomic E-state index is 0.108. The summed E-state index contributed by atoms with van der Waals surface area (Å²) in [5.41, 5.74) is 0. The van der Waals surface area contributed by atoms with E-state index in [0.29, 0.717) is 6.42 Å². The second-order valence-corrected chi connectivity index (χ2v) is 4.69. The van der Waals surface area contributed by atoms with Crippen molar-refractivity contribution >= 4 is 21.9 Å². The molecule has 6 nitrogen and oxygen atoms in total. The third kappa shape index (κ3) is 5.18. The predicted octanol–water partition coefficient (Wildman–Crippen LogP) is 0.427. The Morgan fingerprint density at radius 3 is 2.24 bits per heavy atom. The van der Waals surface area contributed by atoms with E-state index in [0.717, 1.165) is 0 Å². The number of carbonyl (C=O) groups excluding carboxylic acids is 2. The van der Waals surface area contributed by atoms with Crippen LogP contribution in [0.15, 0.2) is 0 Å². The molecule has 0 aromatic carbocycles. The van der Waals surface area contributed by atoms with Crippen molar-refractivity contribution < 1.29 is 36.1 Å². The number of rotatable bonds is 7. The average molecular weight is 273 g/mol. The van der Waals surface area contributed by atoms with Crippen molar-refractivity contribution in [3.63, 3.8) is 0 Å². The fourth-order valence-electron chi connectivity index (χ4n) is 0.827. The van der Waals surface area contributed by atoms with E-state index >= 15 is 0 Å². The van der Waals surface area contributed by atoms with Crippen LogP contribution in [0.2, 0.25) is 0 Å². The summed E-state index contributed by atoms with van der Waals surface area (Å²) < 4.78 is 59.1. The molecule has 0 fully saturated rings. The molecule has 0 aliphatic carbocycles. The van der Waals surface area contributed by atoms with Gasteiger partial charge in [-0.25, -0.2) is 13.2 Å². The van der Waals surface area contributed by atoms with Gasteiger partial charge < -0.3 is 14.1 Å². The molecule has 0 aromatic rings. The van der Waals surface area contributed by atoms with Crippen molar-refractivity contribution in [1.82, 2.24) is 0 Å². The van der Waals surface area contributed by atoms with Gasteiger partial charge in [0.1, 0.15) is 5.78 Å². The molecule has 0 aromatic heterocycles. The van der Waals surface area contributed by atoms with Gasteiger partial charge in [-0.2, -0.15) is 8.78 Å². The van der Waals surface area contributed by atoms with Crippen LogP contribution in [-0.2, 0) is 24.4 Å². The Balaban J connectivity index is 4.08. The highest BCUT2D eigenvalue weighted by molar-refractivity contribution is 7.87. The molecule has 0 N–H and O–H groups in total. The van der Waals surface area contributed by atoms with E-state index in [1.165, 1.54) is 6.92 Å². The molecular formula is C8H11F2O6S-. The monoisotopic (exact) mass is 273 g/mol. The summed E-state index contributed by atoms with van der Waals surface area (Å²) in [6.45, 7) is 0.862. The van der Waals surface area contributed by atoms with Crippen molar-refractivity contribution in [3.8, 4) is 0 Å². The fraction of sp³-hybridized carbons (Fsp3) is 0.750. The van der Waals surface area contributed by atoms with E-state index < -0.39 is 27.9 Å². The van der Waals surface area contributed by atoms with Crippen LogP contribution in [0.25, 0.3) is 0 Å². The summed E-state index contributed by atoms with van der Waals surface area (Å²) in [5.74, 6) is -2.50. The SMILES string of the molecule is CC(=O)CCCCOC(=O)C(F)(F)S(=O)(=O)[O-]. The third-order valence-electron chi connectivity index (χ3n) is 1.71. The first-order valence-electron chi connectivity index (χ1n) is 4.59. The number of halogens is 2. The first-order valence-corrected chi connectivity index (χ1v) is 5.99. The smallest absolute Gasteiger partial charge is 0.428 e. The lowest BCUT2D eigenvalue weighted by Gasteiger charge is -2.17. The van der Waals surface area contributed by atoms with Gasteiger partial charge >= 0.3 is 11.2 Å². The molecule has 0 spiro atoms. The van der Waals surface area contributed by atoms with E-state index in [2.05, 4.69) is 4.74 Å². The first kappa shape index (κ1) is 15.9. The van der Waals surface area contributed by atoms with Crippen molar-refractivity contribution in [2.45, 2.75) is 31.4 Å². The van der Waals surface area contributed by atoms with Crippen LogP contribution in [0.5, 0.6) is 0 Å². The second kappa shape index (κ2) is 6.01. The van der Waals surface area contributed by atoms with Crippen LogP contribution >= 0.6 is 0 Å². The minimum Gasteiger partial charge on any atom is -0.743 e. The summed E-state index contributed by atoms with van der Waals surface area (Å²) in [7, 11) is -6.07. The van der Waals surface area contributed by atoms with Crippen molar-refractivity contribution in [1.29, 1.82) is 0 Å². The Hall–Kier alpha value is -1.09. The number of carbonyl (C=O) groups is 2. The van der Waals surface area contributed by atoms with Gasteiger partial charge in [0.05, 0.1) is 6.61 Å². The highest BCUT2D eigenvalue weighted by Gasteiger charge is 2.48. The number of unbranched alkanes of at least 4 members (excludes halogenated alkanes) is 1. The van der Waals surface area contributed by atoms with Crippen molar-refractivity contribution in [3.05, 3.63) is 0 Å². The Kier molecular flexibility index (Phi) is 5.62. The Labute approximate surface area is 96.7 Å².